The molecule has 5 heteroatoms. The minimum absolute atomic E-state index is 0.119. The summed E-state index contributed by atoms with van der Waals surface area (Å²) in [5, 5.41) is 26.0. The second-order valence-electron chi connectivity index (χ2n) is 2.83. The van der Waals surface area contributed by atoms with Gasteiger partial charge >= 0.3 is 11.9 Å². The first-order valence-electron chi connectivity index (χ1n) is 4.26. The average molecular weight is 220 g/mol. The third kappa shape index (κ3) is 2.59. The van der Waals surface area contributed by atoms with Crippen molar-refractivity contribution in [2.24, 2.45) is 0 Å². The van der Waals surface area contributed by atoms with Crippen molar-refractivity contribution in [3.8, 4) is 11.8 Å². The van der Waals surface area contributed by atoms with E-state index in [-0.39, 0.29) is 23.3 Å². The number of benzene rings is 1. The first kappa shape index (κ1) is 11.8. The number of hydrogen-bond acceptors (Lipinski definition) is 3. The second-order valence-corrected chi connectivity index (χ2v) is 2.83. The van der Waals surface area contributed by atoms with E-state index < -0.39 is 11.9 Å². The Labute approximate surface area is 91.0 Å². The molecular formula is C11H8O5. The third-order valence-electron chi connectivity index (χ3n) is 1.80. The maximum atomic E-state index is 10.8. The van der Waals surface area contributed by atoms with Crippen LogP contribution in [0.5, 0.6) is 0 Å². The highest BCUT2D eigenvalue weighted by molar-refractivity contribution is 5.95. The van der Waals surface area contributed by atoms with Crippen molar-refractivity contribution in [2.45, 2.75) is 0 Å². The summed E-state index contributed by atoms with van der Waals surface area (Å²) in [6.45, 7) is -0.389. The van der Waals surface area contributed by atoms with Crippen LogP contribution in [-0.4, -0.2) is 33.9 Å². The lowest BCUT2D eigenvalue weighted by atomic mass is 10.0. The van der Waals surface area contributed by atoms with Crippen molar-refractivity contribution < 1.29 is 24.9 Å². The molecule has 82 valence electrons. The molecule has 0 spiro atoms. The predicted molar refractivity (Wildman–Crippen MR) is 54.3 cm³/mol. The molecule has 0 atom stereocenters. The van der Waals surface area contributed by atoms with Gasteiger partial charge in [0, 0.05) is 5.56 Å². The van der Waals surface area contributed by atoms with Crippen LogP contribution in [0.15, 0.2) is 18.2 Å². The summed E-state index contributed by atoms with van der Waals surface area (Å²) in [6, 6.07) is 3.60. The zero-order valence-electron chi connectivity index (χ0n) is 8.10. The van der Waals surface area contributed by atoms with E-state index in [2.05, 4.69) is 11.8 Å². The predicted octanol–water partition coefficient (Wildman–Crippen LogP) is 0.427. The molecule has 3 N–H and O–H groups in total. The summed E-state index contributed by atoms with van der Waals surface area (Å²) in [5.74, 6) is 2.28. The van der Waals surface area contributed by atoms with E-state index in [0.717, 1.165) is 6.07 Å². The van der Waals surface area contributed by atoms with Crippen LogP contribution in [0.2, 0.25) is 0 Å². The third-order valence-corrected chi connectivity index (χ3v) is 1.80. The van der Waals surface area contributed by atoms with Gasteiger partial charge in [0.1, 0.15) is 6.61 Å². The smallest absolute Gasteiger partial charge is 0.336 e. The van der Waals surface area contributed by atoms with Crippen LogP contribution in [0.1, 0.15) is 26.3 Å². The first-order valence-corrected chi connectivity index (χ1v) is 4.26. The number of hydrogen-bond donors (Lipinski definition) is 3. The molecule has 1 aromatic rings. The Hall–Kier alpha value is -2.32. The standard InChI is InChI=1S/C11H8O5/c12-5-1-2-7-3-4-8(10(13)14)6-9(7)11(15)16/h3-4,6,12H,5H2,(H,13,14)(H,15,16). The molecule has 5 nitrogen and oxygen atoms in total. The zero-order valence-corrected chi connectivity index (χ0v) is 8.10. The number of carboxylic acids is 2. The van der Waals surface area contributed by atoms with Crippen molar-refractivity contribution in [3.05, 3.63) is 34.9 Å². The second kappa shape index (κ2) is 4.96. The Morgan fingerprint density at radius 1 is 1.19 bits per heavy atom. The number of aliphatic hydroxyl groups excluding tert-OH is 1. The van der Waals surface area contributed by atoms with Gasteiger partial charge < -0.3 is 15.3 Å². The number of carbonyl (C=O) groups is 2. The fourth-order valence-electron chi connectivity index (χ4n) is 1.10. The van der Waals surface area contributed by atoms with Gasteiger partial charge in [0.25, 0.3) is 0 Å². The van der Waals surface area contributed by atoms with E-state index in [9.17, 15) is 9.59 Å². The number of aromatic carboxylic acids is 2. The quantitative estimate of drug-likeness (QED) is 0.628. The molecule has 0 fully saturated rings. The lowest BCUT2D eigenvalue weighted by Gasteiger charge is -2.00. The van der Waals surface area contributed by atoms with Crippen LogP contribution in [0.3, 0.4) is 0 Å². The highest BCUT2D eigenvalue weighted by Crippen LogP contribution is 2.11. The van der Waals surface area contributed by atoms with Crippen LogP contribution in [-0.2, 0) is 0 Å². The van der Waals surface area contributed by atoms with Gasteiger partial charge in [0.05, 0.1) is 11.1 Å². The zero-order chi connectivity index (χ0) is 12.1. The minimum Gasteiger partial charge on any atom is -0.478 e. The molecular weight excluding hydrogens is 212 g/mol. The fraction of sp³-hybridized carbons (Fsp3) is 0.0909. The Morgan fingerprint density at radius 2 is 1.88 bits per heavy atom. The Kier molecular flexibility index (Phi) is 3.64. The SMILES string of the molecule is O=C(O)c1ccc(C#CCO)c(C(=O)O)c1. The molecule has 0 saturated carbocycles. The molecule has 0 aromatic heterocycles. The van der Waals surface area contributed by atoms with Gasteiger partial charge in [-0.1, -0.05) is 11.8 Å². The lowest BCUT2D eigenvalue weighted by molar-refractivity contribution is 0.0695. The van der Waals surface area contributed by atoms with E-state index in [1.165, 1.54) is 12.1 Å². The summed E-state index contributed by atoms with van der Waals surface area (Å²) < 4.78 is 0. The summed E-state index contributed by atoms with van der Waals surface area (Å²) in [7, 11) is 0. The van der Waals surface area contributed by atoms with Gasteiger partial charge in [-0.05, 0) is 18.2 Å². The molecule has 0 amide bonds. The topological polar surface area (TPSA) is 94.8 Å². The molecule has 0 heterocycles. The lowest BCUT2D eigenvalue weighted by Crippen LogP contribution is -2.04. The minimum atomic E-state index is -1.26. The molecule has 0 aliphatic heterocycles. The van der Waals surface area contributed by atoms with Gasteiger partial charge in [-0.25, -0.2) is 9.59 Å². The van der Waals surface area contributed by atoms with Gasteiger partial charge in [-0.2, -0.15) is 0 Å². The average Bonchev–Trinajstić information content (AvgIpc) is 2.25. The summed E-state index contributed by atoms with van der Waals surface area (Å²) in [4.78, 5) is 21.5. The molecule has 0 bridgehead atoms. The molecule has 0 unspecified atom stereocenters. The van der Waals surface area contributed by atoms with Crippen molar-refractivity contribution in [2.75, 3.05) is 6.61 Å². The van der Waals surface area contributed by atoms with Gasteiger partial charge in [0.2, 0.25) is 0 Å². The van der Waals surface area contributed by atoms with E-state index in [0.29, 0.717) is 0 Å². The normalized spacial score (nSPS) is 9.06. The molecule has 0 aliphatic rings. The Balaban J connectivity index is 3.30. The summed E-state index contributed by atoms with van der Waals surface area (Å²) in [5.41, 5.74) is -0.139. The van der Waals surface area contributed by atoms with Crippen LogP contribution in [0.25, 0.3) is 0 Å². The highest BCUT2D eigenvalue weighted by atomic mass is 16.4. The van der Waals surface area contributed by atoms with Crippen LogP contribution >= 0.6 is 0 Å². The Bertz CT molecular complexity index is 493. The van der Waals surface area contributed by atoms with Crippen molar-refractivity contribution in [1.29, 1.82) is 0 Å². The Morgan fingerprint density at radius 3 is 2.38 bits per heavy atom. The largest absolute Gasteiger partial charge is 0.478 e. The monoisotopic (exact) mass is 220 g/mol. The summed E-state index contributed by atoms with van der Waals surface area (Å²) >= 11 is 0. The fourth-order valence-corrected chi connectivity index (χ4v) is 1.10. The van der Waals surface area contributed by atoms with E-state index in [4.69, 9.17) is 15.3 Å². The molecule has 1 aromatic carbocycles. The van der Waals surface area contributed by atoms with E-state index in [1.54, 1.807) is 0 Å². The maximum absolute atomic E-state index is 10.8. The molecule has 1 rings (SSSR count). The van der Waals surface area contributed by atoms with E-state index >= 15 is 0 Å². The van der Waals surface area contributed by atoms with Crippen LogP contribution < -0.4 is 0 Å². The van der Waals surface area contributed by atoms with Crippen molar-refractivity contribution in [1.82, 2.24) is 0 Å². The summed E-state index contributed by atoms with van der Waals surface area (Å²) in [6.07, 6.45) is 0. The van der Waals surface area contributed by atoms with Gasteiger partial charge in [-0.3, -0.25) is 0 Å². The van der Waals surface area contributed by atoms with Crippen LogP contribution in [0.4, 0.5) is 0 Å². The molecule has 0 radical (unpaired) electrons. The number of aliphatic hydroxyl groups is 1. The van der Waals surface area contributed by atoms with Crippen LogP contribution in [0, 0.1) is 11.8 Å². The first-order chi connectivity index (χ1) is 7.56. The van der Waals surface area contributed by atoms with E-state index in [1.807, 2.05) is 0 Å². The molecule has 0 aliphatic carbocycles. The van der Waals surface area contributed by atoms with Gasteiger partial charge in [-0.15, -0.1) is 0 Å². The van der Waals surface area contributed by atoms with Crippen molar-refractivity contribution in [3.63, 3.8) is 0 Å². The number of rotatable bonds is 2. The maximum Gasteiger partial charge on any atom is 0.336 e. The van der Waals surface area contributed by atoms with Crippen molar-refractivity contribution >= 4 is 11.9 Å². The molecule has 0 saturated heterocycles. The highest BCUT2D eigenvalue weighted by Gasteiger charge is 2.12. The number of carboxylic acid groups (broad SMARTS) is 2. The van der Waals surface area contributed by atoms with Gasteiger partial charge in [0.15, 0.2) is 0 Å². The molecule has 16 heavy (non-hydrogen) atoms.